The third kappa shape index (κ3) is 3.52. The van der Waals surface area contributed by atoms with Gasteiger partial charge in [0.2, 0.25) is 5.91 Å². The number of nitrogens with one attached hydrogen (secondary N) is 1. The molecule has 1 N–H and O–H groups in total. The number of anilines is 1. The number of hydrogen-bond acceptors (Lipinski definition) is 2. The van der Waals surface area contributed by atoms with E-state index < -0.39 is 0 Å². The van der Waals surface area contributed by atoms with E-state index in [-0.39, 0.29) is 17.1 Å². The summed E-state index contributed by atoms with van der Waals surface area (Å²) in [6, 6.07) is 5.73. The molecule has 1 amide bonds. The first kappa shape index (κ1) is 13.6. The molecular formula is C12H16BrNOS. The maximum atomic E-state index is 11.8. The minimum absolute atomic E-state index is 0.0555. The Kier molecular flexibility index (Phi) is 4.87. The van der Waals surface area contributed by atoms with Gasteiger partial charge in [0.25, 0.3) is 0 Å². The van der Waals surface area contributed by atoms with Crippen LogP contribution in [0, 0.1) is 12.8 Å². The molecule has 1 aromatic rings. The zero-order chi connectivity index (χ0) is 12.3. The second kappa shape index (κ2) is 5.73. The third-order valence-electron chi connectivity index (χ3n) is 2.33. The van der Waals surface area contributed by atoms with Crippen LogP contribution in [0.15, 0.2) is 22.7 Å². The average Bonchev–Trinajstić information content (AvgIpc) is 2.22. The van der Waals surface area contributed by atoms with Gasteiger partial charge in [-0.25, -0.2) is 0 Å². The van der Waals surface area contributed by atoms with E-state index in [1.54, 1.807) is 0 Å². The van der Waals surface area contributed by atoms with Crippen molar-refractivity contribution < 1.29 is 4.79 Å². The highest BCUT2D eigenvalue weighted by Crippen LogP contribution is 2.21. The van der Waals surface area contributed by atoms with Crippen LogP contribution in [0.1, 0.15) is 19.4 Å². The smallest absolute Gasteiger partial charge is 0.237 e. The van der Waals surface area contributed by atoms with Crippen molar-refractivity contribution in [3.63, 3.8) is 0 Å². The number of carbonyl (C=O) groups excluding carboxylic acids is 1. The Bertz CT molecular complexity index is 393. The van der Waals surface area contributed by atoms with Crippen molar-refractivity contribution in [2.75, 3.05) is 5.32 Å². The van der Waals surface area contributed by atoms with E-state index >= 15 is 0 Å². The molecule has 4 heteroatoms. The molecule has 1 unspecified atom stereocenters. The first-order valence-corrected chi connectivity index (χ1v) is 6.48. The molecule has 88 valence electrons. The van der Waals surface area contributed by atoms with Crippen molar-refractivity contribution in [1.29, 1.82) is 0 Å². The summed E-state index contributed by atoms with van der Waals surface area (Å²) in [7, 11) is 0. The maximum Gasteiger partial charge on any atom is 0.237 e. The van der Waals surface area contributed by atoms with E-state index in [2.05, 4.69) is 33.9 Å². The summed E-state index contributed by atoms with van der Waals surface area (Å²) in [4.78, 5) is 11.8. The SMILES string of the molecule is Cc1cc(NC(=O)C(S)C(C)C)ccc1Br. The molecule has 0 spiro atoms. The van der Waals surface area contributed by atoms with Gasteiger partial charge < -0.3 is 5.32 Å². The van der Waals surface area contributed by atoms with Crippen LogP contribution in [-0.2, 0) is 4.79 Å². The molecule has 2 nitrogen and oxygen atoms in total. The Hall–Kier alpha value is -0.480. The molecule has 0 fully saturated rings. The fourth-order valence-corrected chi connectivity index (χ4v) is 1.55. The monoisotopic (exact) mass is 301 g/mol. The van der Waals surface area contributed by atoms with Crippen molar-refractivity contribution in [1.82, 2.24) is 0 Å². The van der Waals surface area contributed by atoms with Crippen LogP contribution in [0.5, 0.6) is 0 Å². The highest BCUT2D eigenvalue weighted by Gasteiger charge is 2.17. The van der Waals surface area contributed by atoms with E-state index in [0.29, 0.717) is 0 Å². The second-order valence-electron chi connectivity index (χ2n) is 4.14. The van der Waals surface area contributed by atoms with Crippen molar-refractivity contribution in [2.45, 2.75) is 26.0 Å². The topological polar surface area (TPSA) is 29.1 Å². The van der Waals surface area contributed by atoms with Crippen LogP contribution in [0.3, 0.4) is 0 Å². The number of thiol groups is 1. The average molecular weight is 302 g/mol. The lowest BCUT2D eigenvalue weighted by molar-refractivity contribution is -0.116. The predicted octanol–water partition coefficient (Wildman–Crippen LogP) is 3.65. The Morgan fingerprint density at radius 3 is 2.56 bits per heavy atom. The van der Waals surface area contributed by atoms with Gasteiger partial charge in [0.1, 0.15) is 0 Å². The summed E-state index contributed by atoms with van der Waals surface area (Å²) in [5.74, 6) is 0.167. The first-order chi connectivity index (χ1) is 7.41. The van der Waals surface area contributed by atoms with Gasteiger partial charge in [-0.15, -0.1) is 0 Å². The highest BCUT2D eigenvalue weighted by molar-refractivity contribution is 9.10. The zero-order valence-corrected chi connectivity index (χ0v) is 12.1. The van der Waals surface area contributed by atoms with E-state index in [1.807, 2.05) is 39.0 Å². The number of aryl methyl sites for hydroxylation is 1. The second-order valence-corrected chi connectivity index (χ2v) is 5.55. The molecule has 0 aliphatic rings. The summed E-state index contributed by atoms with van der Waals surface area (Å²) in [6.45, 7) is 5.94. The van der Waals surface area contributed by atoms with Crippen molar-refractivity contribution in [3.05, 3.63) is 28.2 Å². The lowest BCUT2D eigenvalue weighted by Crippen LogP contribution is -2.27. The number of carbonyl (C=O) groups is 1. The molecule has 0 heterocycles. The molecule has 0 radical (unpaired) electrons. The summed E-state index contributed by atoms with van der Waals surface area (Å²) in [5.41, 5.74) is 1.91. The molecule has 1 atom stereocenters. The van der Waals surface area contributed by atoms with Crippen LogP contribution < -0.4 is 5.32 Å². The Labute approximate surface area is 110 Å². The van der Waals surface area contributed by atoms with E-state index in [0.717, 1.165) is 15.7 Å². The Morgan fingerprint density at radius 2 is 2.06 bits per heavy atom. The third-order valence-corrected chi connectivity index (χ3v) is 4.05. The summed E-state index contributed by atoms with van der Waals surface area (Å²) < 4.78 is 1.04. The van der Waals surface area contributed by atoms with Gasteiger partial charge in [0, 0.05) is 10.2 Å². The molecule has 1 aromatic carbocycles. The van der Waals surface area contributed by atoms with Crippen LogP contribution in [-0.4, -0.2) is 11.2 Å². The van der Waals surface area contributed by atoms with Crippen molar-refractivity contribution >= 4 is 40.2 Å². The number of hydrogen-bond donors (Lipinski definition) is 2. The molecule has 1 rings (SSSR count). The molecule has 0 aliphatic heterocycles. The predicted molar refractivity (Wildman–Crippen MR) is 75.1 cm³/mol. The zero-order valence-electron chi connectivity index (χ0n) is 9.62. The highest BCUT2D eigenvalue weighted by atomic mass is 79.9. The Balaban J connectivity index is 2.74. The summed E-state index contributed by atoms with van der Waals surface area (Å²) in [6.07, 6.45) is 0. The van der Waals surface area contributed by atoms with E-state index in [9.17, 15) is 4.79 Å². The molecule has 0 aliphatic carbocycles. The Morgan fingerprint density at radius 1 is 1.44 bits per heavy atom. The van der Waals surface area contributed by atoms with E-state index in [4.69, 9.17) is 0 Å². The molecule has 0 bridgehead atoms. The molecule has 0 saturated heterocycles. The summed E-state index contributed by atoms with van der Waals surface area (Å²) >= 11 is 7.69. The van der Waals surface area contributed by atoms with Crippen LogP contribution in [0.4, 0.5) is 5.69 Å². The number of rotatable bonds is 3. The maximum absolute atomic E-state index is 11.8. The largest absolute Gasteiger partial charge is 0.325 e. The normalized spacial score (nSPS) is 12.6. The van der Waals surface area contributed by atoms with Crippen LogP contribution >= 0.6 is 28.6 Å². The van der Waals surface area contributed by atoms with Crippen LogP contribution in [0.2, 0.25) is 0 Å². The van der Waals surface area contributed by atoms with Crippen molar-refractivity contribution in [3.8, 4) is 0 Å². The summed E-state index contributed by atoms with van der Waals surface area (Å²) in [5, 5.41) is 2.58. The number of halogens is 1. The van der Waals surface area contributed by atoms with Crippen molar-refractivity contribution in [2.24, 2.45) is 5.92 Å². The molecular weight excluding hydrogens is 286 g/mol. The van der Waals surface area contributed by atoms with E-state index in [1.165, 1.54) is 0 Å². The standard InChI is InChI=1S/C12H16BrNOS/c1-7(2)11(16)12(15)14-9-4-5-10(13)8(3)6-9/h4-7,11,16H,1-3H3,(H,14,15). The van der Waals surface area contributed by atoms with Gasteiger partial charge in [-0.1, -0.05) is 29.8 Å². The minimum atomic E-state index is -0.274. The van der Waals surface area contributed by atoms with Gasteiger partial charge in [-0.2, -0.15) is 12.6 Å². The fraction of sp³-hybridized carbons (Fsp3) is 0.417. The lowest BCUT2D eigenvalue weighted by Gasteiger charge is -2.15. The van der Waals surface area contributed by atoms with Gasteiger partial charge in [-0.05, 0) is 36.6 Å². The minimum Gasteiger partial charge on any atom is -0.325 e. The number of amides is 1. The van der Waals surface area contributed by atoms with Gasteiger partial charge in [0.15, 0.2) is 0 Å². The fourth-order valence-electron chi connectivity index (χ4n) is 1.24. The molecule has 16 heavy (non-hydrogen) atoms. The quantitative estimate of drug-likeness (QED) is 0.820. The molecule has 0 saturated carbocycles. The number of benzene rings is 1. The molecule has 0 aromatic heterocycles. The lowest BCUT2D eigenvalue weighted by atomic mass is 10.1. The van der Waals surface area contributed by atoms with Gasteiger partial charge in [0.05, 0.1) is 5.25 Å². The van der Waals surface area contributed by atoms with Gasteiger partial charge >= 0.3 is 0 Å². The first-order valence-electron chi connectivity index (χ1n) is 5.17. The van der Waals surface area contributed by atoms with Gasteiger partial charge in [-0.3, -0.25) is 4.79 Å². The van der Waals surface area contributed by atoms with Crippen LogP contribution in [0.25, 0.3) is 0 Å².